The van der Waals surface area contributed by atoms with E-state index < -0.39 is 5.72 Å². The van der Waals surface area contributed by atoms with Crippen LogP contribution in [0.25, 0.3) is 0 Å². The fraction of sp³-hybridized carbons (Fsp3) is 0.750. The minimum Gasteiger partial charge on any atom is -0.487 e. The average Bonchev–Trinajstić information content (AvgIpc) is 2.81. The van der Waals surface area contributed by atoms with Crippen molar-refractivity contribution >= 4 is 23.7 Å². The normalized spacial score (nSPS) is 32.2. The van der Waals surface area contributed by atoms with Crippen molar-refractivity contribution in [3.8, 4) is 0 Å². The molecule has 0 aromatic heterocycles. The van der Waals surface area contributed by atoms with Gasteiger partial charge in [-0.3, -0.25) is 0 Å². The van der Waals surface area contributed by atoms with Crippen molar-refractivity contribution in [1.82, 2.24) is 10.6 Å². The molecular formula is C12H18N2O4S. The van der Waals surface area contributed by atoms with Gasteiger partial charge in [-0.15, -0.1) is 0 Å². The van der Waals surface area contributed by atoms with E-state index in [0.29, 0.717) is 37.4 Å². The number of rotatable bonds is 6. The van der Waals surface area contributed by atoms with Crippen LogP contribution in [-0.2, 0) is 9.53 Å². The molecule has 0 spiro atoms. The molecule has 3 atom stereocenters. The van der Waals surface area contributed by atoms with E-state index in [-0.39, 0.29) is 17.3 Å². The summed E-state index contributed by atoms with van der Waals surface area (Å²) in [6, 6.07) is -0.552. The molecule has 3 unspecified atom stereocenters. The summed E-state index contributed by atoms with van der Waals surface area (Å²) >= 11 is 1.63. The number of ether oxygens (including phenoxy) is 1. The van der Waals surface area contributed by atoms with Gasteiger partial charge in [0.2, 0.25) is 0 Å². The van der Waals surface area contributed by atoms with Gasteiger partial charge in [-0.2, -0.15) is 11.8 Å². The third-order valence-electron chi connectivity index (χ3n) is 3.41. The van der Waals surface area contributed by atoms with Gasteiger partial charge in [0.15, 0.2) is 17.4 Å². The second kappa shape index (κ2) is 5.86. The van der Waals surface area contributed by atoms with Gasteiger partial charge < -0.3 is 20.5 Å². The summed E-state index contributed by atoms with van der Waals surface area (Å²) in [5, 5.41) is 15.7. The number of urea groups is 1. The predicted molar refractivity (Wildman–Crippen MR) is 71.3 cm³/mol. The molecular weight excluding hydrogens is 268 g/mol. The molecule has 2 rings (SSSR count). The Morgan fingerprint density at radius 1 is 1.68 bits per heavy atom. The molecule has 19 heavy (non-hydrogen) atoms. The molecule has 0 aromatic rings. The van der Waals surface area contributed by atoms with E-state index >= 15 is 0 Å². The minimum atomic E-state index is -1.17. The Kier molecular flexibility index (Phi) is 4.39. The van der Waals surface area contributed by atoms with E-state index in [1.165, 1.54) is 0 Å². The van der Waals surface area contributed by atoms with E-state index in [9.17, 15) is 14.7 Å². The van der Waals surface area contributed by atoms with Crippen LogP contribution in [0.1, 0.15) is 26.2 Å². The number of carbonyl (C=O) groups is 1. The fourth-order valence-corrected chi connectivity index (χ4v) is 4.04. The van der Waals surface area contributed by atoms with Crippen molar-refractivity contribution in [3.05, 3.63) is 5.76 Å². The molecule has 106 valence electrons. The molecule has 6 nitrogen and oxygen atoms in total. The largest absolute Gasteiger partial charge is 0.487 e. The van der Waals surface area contributed by atoms with E-state index in [2.05, 4.69) is 10.6 Å². The van der Waals surface area contributed by atoms with Crippen molar-refractivity contribution in [1.29, 1.82) is 0 Å². The maximum Gasteiger partial charge on any atom is 0.317 e. The summed E-state index contributed by atoms with van der Waals surface area (Å²) in [6.45, 7) is 2.27. The number of allylic oxidation sites excluding steroid dienone is 1. The molecule has 2 aliphatic rings. The van der Waals surface area contributed by atoms with Gasteiger partial charge in [-0.25, -0.2) is 9.59 Å². The summed E-state index contributed by atoms with van der Waals surface area (Å²) in [5.41, 5.74) is -1.17. The van der Waals surface area contributed by atoms with Crippen LogP contribution in [0.2, 0.25) is 0 Å². The van der Waals surface area contributed by atoms with Crippen LogP contribution in [0.4, 0.5) is 4.79 Å². The third kappa shape index (κ3) is 2.88. The summed E-state index contributed by atoms with van der Waals surface area (Å²) in [4.78, 5) is 21.9. The van der Waals surface area contributed by atoms with Gasteiger partial charge in [-0.1, -0.05) is 0 Å². The molecule has 2 amide bonds. The topological polar surface area (TPSA) is 87.7 Å². The third-order valence-corrected chi connectivity index (χ3v) is 4.93. The predicted octanol–water partition coefficient (Wildman–Crippen LogP) is 0.394. The fourth-order valence-electron chi connectivity index (χ4n) is 2.46. The zero-order valence-corrected chi connectivity index (χ0v) is 11.6. The Morgan fingerprint density at radius 3 is 3.16 bits per heavy atom. The molecule has 2 heterocycles. The summed E-state index contributed by atoms with van der Waals surface area (Å²) in [6.07, 6.45) is 1.93. The first kappa shape index (κ1) is 14.2. The molecule has 0 aromatic carbocycles. The van der Waals surface area contributed by atoms with Gasteiger partial charge >= 0.3 is 6.03 Å². The first-order chi connectivity index (χ1) is 9.10. The second-order valence-electron chi connectivity index (χ2n) is 4.65. The quantitative estimate of drug-likeness (QED) is 0.373. The van der Waals surface area contributed by atoms with Gasteiger partial charge in [0.25, 0.3) is 0 Å². The number of carbonyl (C=O) groups excluding carboxylic acids is 2. The van der Waals surface area contributed by atoms with E-state index in [1.54, 1.807) is 17.7 Å². The first-order valence-electron chi connectivity index (χ1n) is 6.39. The Labute approximate surface area is 116 Å². The SMILES string of the molecule is CCOC(=C=O)CCCC1SCC2NC(=O)NC21O. The Bertz CT molecular complexity index is 411. The van der Waals surface area contributed by atoms with Crippen LogP contribution in [-0.4, -0.2) is 46.5 Å². The van der Waals surface area contributed by atoms with Gasteiger partial charge in [-0.05, 0) is 19.8 Å². The maximum atomic E-state index is 11.3. The Morgan fingerprint density at radius 2 is 2.47 bits per heavy atom. The van der Waals surface area contributed by atoms with Gasteiger partial charge in [0.05, 0.1) is 17.9 Å². The molecule has 2 saturated heterocycles. The molecule has 0 bridgehead atoms. The van der Waals surface area contributed by atoms with E-state index in [4.69, 9.17) is 4.74 Å². The van der Waals surface area contributed by atoms with Crippen molar-refractivity contribution in [2.45, 2.75) is 43.2 Å². The lowest BCUT2D eigenvalue weighted by Crippen LogP contribution is -2.53. The molecule has 0 aliphatic carbocycles. The monoisotopic (exact) mass is 286 g/mol. The van der Waals surface area contributed by atoms with Crippen molar-refractivity contribution in [2.75, 3.05) is 12.4 Å². The van der Waals surface area contributed by atoms with Gasteiger partial charge in [0.1, 0.15) is 0 Å². The summed E-state index contributed by atoms with van der Waals surface area (Å²) in [5.74, 6) is 2.80. The highest BCUT2D eigenvalue weighted by atomic mass is 32.2. The Balaban J connectivity index is 1.84. The molecule has 7 heteroatoms. The summed E-state index contributed by atoms with van der Waals surface area (Å²) < 4.78 is 5.13. The summed E-state index contributed by atoms with van der Waals surface area (Å²) in [7, 11) is 0. The first-order valence-corrected chi connectivity index (χ1v) is 7.44. The lowest BCUT2D eigenvalue weighted by molar-refractivity contribution is 0.0178. The zero-order chi connectivity index (χ0) is 13.9. The highest BCUT2D eigenvalue weighted by molar-refractivity contribution is 8.00. The van der Waals surface area contributed by atoms with Crippen LogP contribution in [0, 0.1) is 0 Å². The highest BCUT2D eigenvalue weighted by Crippen LogP contribution is 2.39. The number of hydrogen-bond acceptors (Lipinski definition) is 5. The molecule has 2 aliphatic heterocycles. The highest BCUT2D eigenvalue weighted by Gasteiger charge is 2.55. The van der Waals surface area contributed by atoms with Crippen LogP contribution in [0.3, 0.4) is 0 Å². The number of fused-ring (bicyclic) bond motifs is 1. The molecule has 0 radical (unpaired) electrons. The number of nitrogens with one attached hydrogen (secondary N) is 2. The van der Waals surface area contributed by atoms with Gasteiger partial charge in [0, 0.05) is 12.2 Å². The molecule has 0 saturated carbocycles. The average molecular weight is 286 g/mol. The minimum absolute atomic E-state index is 0.0639. The van der Waals surface area contributed by atoms with Crippen LogP contribution < -0.4 is 10.6 Å². The van der Waals surface area contributed by atoms with Crippen LogP contribution >= 0.6 is 11.8 Å². The maximum absolute atomic E-state index is 11.3. The van der Waals surface area contributed by atoms with E-state index in [0.717, 1.165) is 0 Å². The Hall–Kier alpha value is -1.17. The van der Waals surface area contributed by atoms with Crippen molar-refractivity contribution in [3.63, 3.8) is 0 Å². The number of hydrogen-bond donors (Lipinski definition) is 3. The number of aliphatic hydroxyl groups is 1. The van der Waals surface area contributed by atoms with Crippen LogP contribution in [0.15, 0.2) is 5.76 Å². The zero-order valence-electron chi connectivity index (χ0n) is 10.8. The molecule has 2 fully saturated rings. The number of amides is 2. The standard InChI is InChI=1S/C12H18N2O4S/c1-2-18-8(6-15)4-3-5-10-12(17)9(7-19-10)13-11(16)14-12/h9-10,17H,2-5,7H2,1H3,(H2,13,14,16). The van der Waals surface area contributed by atoms with Crippen molar-refractivity contribution in [2.24, 2.45) is 0 Å². The smallest absolute Gasteiger partial charge is 0.317 e. The molecule has 3 N–H and O–H groups in total. The van der Waals surface area contributed by atoms with E-state index in [1.807, 2.05) is 6.92 Å². The number of thioether (sulfide) groups is 1. The van der Waals surface area contributed by atoms with Crippen LogP contribution in [0.5, 0.6) is 0 Å². The van der Waals surface area contributed by atoms with Crippen molar-refractivity contribution < 1.29 is 19.4 Å². The second-order valence-corrected chi connectivity index (χ2v) is 5.88. The lowest BCUT2D eigenvalue weighted by Gasteiger charge is -2.27. The lowest BCUT2D eigenvalue weighted by atomic mass is 9.99.